The summed E-state index contributed by atoms with van der Waals surface area (Å²) in [5.41, 5.74) is 20.5. The molecule has 262 valence electrons. The first-order valence-corrected chi connectivity index (χ1v) is 18.3. The lowest BCUT2D eigenvalue weighted by Crippen LogP contribution is -2.28. The Labute approximate surface area is 311 Å². The molecule has 0 aromatic heterocycles. The highest BCUT2D eigenvalue weighted by molar-refractivity contribution is 5.99. The van der Waals surface area contributed by atoms with Crippen molar-refractivity contribution in [2.24, 2.45) is 10.7 Å². The molecule has 1 atom stereocenters. The average molecular weight is 681 g/mol. The van der Waals surface area contributed by atoms with E-state index < -0.39 is 5.54 Å². The molecule has 0 aliphatic heterocycles. The molecule has 0 bridgehead atoms. The van der Waals surface area contributed by atoms with Gasteiger partial charge in [-0.15, -0.1) is 0 Å². The van der Waals surface area contributed by atoms with Gasteiger partial charge in [0.05, 0.1) is 5.54 Å². The summed E-state index contributed by atoms with van der Waals surface area (Å²) in [6.45, 7) is 19.6. The Morgan fingerprint density at radius 3 is 1.50 bits per heavy atom. The fourth-order valence-electron chi connectivity index (χ4n) is 6.82. The molecule has 6 aromatic carbocycles. The van der Waals surface area contributed by atoms with Crippen molar-refractivity contribution in [3.8, 4) is 33.4 Å². The van der Waals surface area contributed by atoms with E-state index in [0.717, 1.165) is 33.4 Å². The lowest BCUT2D eigenvalue weighted by Gasteiger charge is -2.28. The number of rotatable bonds is 9. The maximum absolute atomic E-state index is 7.00. The third-order valence-corrected chi connectivity index (χ3v) is 10.1. The van der Waals surface area contributed by atoms with Crippen molar-refractivity contribution in [3.05, 3.63) is 186 Å². The van der Waals surface area contributed by atoms with Gasteiger partial charge in [-0.25, -0.2) is 0 Å². The Bertz CT molecular complexity index is 2190. The van der Waals surface area contributed by atoms with Crippen molar-refractivity contribution in [2.75, 3.05) is 0 Å². The lowest BCUT2D eigenvalue weighted by atomic mass is 9.83. The first kappa shape index (κ1) is 36.3. The van der Waals surface area contributed by atoms with Crippen LogP contribution in [0, 0.1) is 0 Å². The van der Waals surface area contributed by atoms with E-state index in [-0.39, 0.29) is 10.8 Å². The van der Waals surface area contributed by atoms with Gasteiger partial charge in [-0.3, -0.25) is 4.99 Å². The zero-order valence-corrected chi connectivity index (χ0v) is 31.9. The molecule has 0 amide bonds. The summed E-state index contributed by atoms with van der Waals surface area (Å²) < 4.78 is 0. The largest absolute Gasteiger partial charge is 0.383 e. The molecule has 0 aliphatic carbocycles. The van der Waals surface area contributed by atoms with Crippen LogP contribution >= 0.6 is 0 Å². The van der Waals surface area contributed by atoms with Crippen LogP contribution in [0.3, 0.4) is 0 Å². The van der Waals surface area contributed by atoms with Gasteiger partial charge >= 0.3 is 0 Å². The third-order valence-electron chi connectivity index (χ3n) is 10.1. The molecule has 52 heavy (non-hydrogen) atoms. The van der Waals surface area contributed by atoms with Gasteiger partial charge in [0.25, 0.3) is 0 Å². The molecular weight excluding hydrogens is 629 g/mol. The summed E-state index contributed by atoms with van der Waals surface area (Å²) in [4.78, 5) is 5.42. The summed E-state index contributed by atoms with van der Waals surface area (Å²) in [5.74, 6) is 0.520. The molecule has 0 aliphatic rings. The van der Waals surface area contributed by atoms with Gasteiger partial charge in [0.1, 0.15) is 5.84 Å². The van der Waals surface area contributed by atoms with Gasteiger partial charge in [-0.1, -0.05) is 188 Å². The van der Waals surface area contributed by atoms with Crippen molar-refractivity contribution < 1.29 is 0 Å². The molecule has 2 nitrogen and oxygen atoms in total. The molecule has 0 saturated heterocycles. The maximum atomic E-state index is 7.00. The smallest absolute Gasteiger partial charge is 0.126 e. The Kier molecular flexibility index (Phi) is 10.2. The number of nitrogens with two attached hydrogens (primary N) is 1. The fraction of sp³-hybridized carbons (Fsp3) is 0.220. The Balaban J connectivity index is 1.40. The predicted octanol–water partition coefficient (Wildman–Crippen LogP) is 12.8. The molecule has 0 spiro atoms. The zero-order chi connectivity index (χ0) is 37.1. The van der Waals surface area contributed by atoms with E-state index >= 15 is 0 Å². The van der Waals surface area contributed by atoms with Crippen LogP contribution in [0.4, 0.5) is 0 Å². The van der Waals surface area contributed by atoms with Crippen LogP contribution in [0.1, 0.15) is 81.8 Å². The number of amidine groups is 1. The quantitative estimate of drug-likeness (QED) is 0.120. The van der Waals surface area contributed by atoms with Crippen LogP contribution in [-0.2, 0) is 22.8 Å². The second-order valence-corrected chi connectivity index (χ2v) is 16.3. The summed E-state index contributed by atoms with van der Waals surface area (Å²) in [5, 5.41) is 0. The van der Waals surface area contributed by atoms with E-state index in [4.69, 9.17) is 10.7 Å². The summed E-state index contributed by atoms with van der Waals surface area (Å²) >= 11 is 0. The minimum Gasteiger partial charge on any atom is -0.383 e. The number of hydrogen-bond donors (Lipinski definition) is 1. The first-order valence-electron chi connectivity index (χ1n) is 18.3. The van der Waals surface area contributed by atoms with Crippen LogP contribution in [0.2, 0.25) is 0 Å². The molecule has 2 heteroatoms. The van der Waals surface area contributed by atoms with Crippen LogP contribution < -0.4 is 5.73 Å². The number of hydrogen-bond acceptors (Lipinski definition) is 1. The minimum absolute atomic E-state index is 0.0978. The van der Waals surface area contributed by atoms with Crippen molar-refractivity contribution in [1.82, 2.24) is 0 Å². The van der Waals surface area contributed by atoms with E-state index in [1.165, 1.54) is 33.4 Å². The fourth-order valence-corrected chi connectivity index (χ4v) is 6.82. The highest BCUT2D eigenvalue weighted by Crippen LogP contribution is 2.36. The summed E-state index contributed by atoms with van der Waals surface area (Å²) in [7, 11) is 0. The normalized spacial score (nSPS) is 13.4. The molecule has 0 heterocycles. The third kappa shape index (κ3) is 8.35. The van der Waals surface area contributed by atoms with Gasteiger partial charge in [-0.2, -0.15) is 0 Å². The van der Waals surface area contributed by atoms with E-state index in [1.54, 1.807) is 0 Å². The monoisotopic (exact) mass is 680 g/mol. The Hall–Kier alpha value is -5.47. The lowest BCUT2D eigenvalue weighted by molar-refractivity contribution is 0.495. The molecule has 6 rings (SSSR count). The van der Waals surface area contributed by atoms with Gasteiger partial charge < -0.3 is 5.73 Å². The predicted molar refractivity (Wildman–Crippen MR) is 225 cm³/mol. The molecule has 0 fully saturated rings. The summed E-state index contributed by atoms with van der Waals surface area (Å²) in [6.07, 6.45) is 2.55. The van der Waals surface area contributed by atoms with Crippen LogP contribution in [0.15, 0.2) is 157 Å². The second-order valence-electron chi connectivity index (χ2n) is 16.3. The zero-order valence-electron chi connectivity index (χ0n) is 31.9. The molecule has 0 radical (unpaired) electrons. The van der Waals surface area contributed by atoms with Gasteiger partial charge in [0, 0.05) is 12.0 Å². The van der Waals surface area contributed by atoms with Crippen molar-refractivity contribution >= 4 is 11.9 Å². The highest BCUT2D eigenvalue weighted by Gasteiger charge is 2.28. The van der Waals surface area contributed by atoms with Crippen molar-refractivity contribution in [1.29, 1.82) is 0 Å². The van der Waals surface area contributed by atoms with Gasteiger partial charge in [-0.05, 0) is 91.1 Å². The molecule has 2 N–H and O–H groups in total. The Morgan fingerprint density at radius 1 is 0.519 bits per heavy atom. The van der Waals surface area contributed by atoms with Crippen LogP contribution in [-0.4, -0.2) is 5.84 Å². The molecule has 0 saturated carbocycles. The number of benzene rings is 6. The highest BCUT2D eigenvalue weighted by atomic mass is 14.9. The first-order chi connectivity index (χ1) is 24.7. The average Bonchev–Trinajstić information content (AvgIpc) is 3.14. The Morgan fingerprint density at radius 2 is 0.981 bits per heavy atom. The standard InChI is InChI=1S/C50H52N2/c1-9-35-19-21-37(22-20-35)40-14-10-13-36(31-40)34-50(8,46-18-12-16-42(33-46)39-25-29-45(30-26-39)49(5,6)7)52-47(51)43-17-11-15-41(32-43)38-23-27-44(28-24-38)48(2,3)4/h9-33H,1,34H2,2-8H3,(H2,51,52). The van der Waals surface area contributed by atoms with Crippen molar-refractivity contribution in [2.45, 2.75) is 71.3 Å². The van der Waals surface area contributed by atoms with E-state index in [0.29, 0.717) is 12.3 Å². The number of nitrogens with zero attached hydrogens (tertiary/aromatic N) is 1. The number of aliphatic imine (C=N–C) groups is 1. The van der Waals surface area contributed by atoms with E-state index in [9.17, 15) is 0 Å². The summed E-state index contributed by atoms with van der Waals surface area (Å²) in [6, 6.07) is 52.4. The minimum atomic E-state index is -0.652. The topological polar surface area (TPSA) is 38.4 Å². The van der Waals surface area contributed by atoms with Crippen LogP contribution in [0.5, 0.6) is 0 Å². The van der Waals surface area contributed by atoms with E-state index in [2.05, 4.69) is 201 Å². The second kappa shape index (κ2) is 14.6. The molecular formula is C50H52N2. The van der Waals surface area contributed by atoms with E-state index in [1.807, 2.05) is 6.08 Å². The molecule has 1 unspecified atom stereocenters. The maximum Gasteiger partial charge on any atom is 0.126 e. The molecule has 6 aromatic rings. The van der Waals surface area contributed by atoms with Crippen LogP contribution in [0.25, 0.3) is 39.5 Å². The SMILES string of the molecule is C=Cc1ccc(-c2cccc(CC(C)(N=C(N)c3cccc(-c4ccc(C(C)(C)C)cc4)c3)c3cccc(-c4ccc(C(C)(C)C)cc4)c3)c2)cc1. The van der Waals surface area contributed by atoms with Gasteiger partial charge in [0.15, 0.2) is 0 Å². The van der Waals surface area contributed by atoms with Crippen molar-refractivity contribution in [3.63, 3.8) is 0 Å². The van der Waals surface area contributed by atoms with Gasteiger partial charge in [0.2, 0.25) is 0 Å².